The van der Waals surface area contributed by atoms with Crippen LogP contribution in [0.4, 0.5) is 9.59 Å². The molecule has 1 heterocycles. The van der Waals surface area contributed by atoms with Crippen LogP contribution in [0.1, 0.15) is 40.2 Å². The fourth-order valence-corrected chi connectivity index (χ4v) is 3.25. The molecule has 0 unspecified atom stereocenters. The van der Waals surface area contributed by atoms with Gasteiger partial charge in [0.2, 0.25) is 0 Å². The molecule has 1 aliphatic heterocycles. The van der Waals surface area contributed by atoms with Crippen molar-refractivity contribution in [1.29, 1.82) is 0 Å². The van der Waals surface area contributed by atoms with E-state index in [-0.39, 0.29) is 13.2 Å². The van der Waals surface area contributed by atoms with Crippen LogP contribution in [0.25, 0.3) is 0 Å². The van der Waals surface area contributed by atoms with Crippen molar-refractivity contribution in [3.8, 4) is 0 Å². The number of amides is 2. The number of hydrogen-bond donors (Lipinski definition) is 2. The minimum atomic E-state index is -1.49. The minimum Gasteiger partial charge on any atom is -0.480 e. The lowest BCUT2D eigenvalue weighted by Gasteiger charge is -2.35. The highest BCUT2D eigenvalue weighted by Crippen LogP contribution is 2.33. The Hall–Kier alpha value is -2.85. The topological polar surface area (TPSA) is 138 Å². The summed E-state index contributed by atoms with van der Waals surface area (Å²) in [6.45, 7) is 7.86. The van der Waals surface area contributed by atoms with Crippen LogP contribution in [0.3, 0.4) is 0 Å². The molecule has 1 aliphatic rings. The van der Waals surface area contributed by atoms with Crippen molar-refractivity contribution < 1.29 is 38.4 Å². The molecule has 0 radical (unpaired) electrons. The molecule has 0 aromatic heterocycles. The monoisotopic (exact) mass is 438 g/mol. The molecule has 1 aromatic carbocycles. The van der Waals surface area contributed by atoms with E-state index in [0.717, 1.165) is 4.90 Å². The van der Waals surface area contributed by atoms with Crippen molar-refractivity contribution >= 4 is 18.2 Å². The molecule has 1 saturated heterocycles. The molecule has 31 heavy (non-hydrogen) atoms. The SMILES string of the molecule is CC(C)(C)OC(=O)N(Cc1ccccc1)[C@H](C(=O)O)[C@@H]1OC(C)(C)O[C@H]1COC(N)=O. The second-order valence-corrected chi connectivity index (χ2v) is 8.65. The molecule has 0 spiro atoms. The summed E-state index contributed by atoms with van der Waals surface area (Å²) in [4.78, 5) is 37.6. The molecule has 0 aliphatic carbocycles. The maximum Gasteiger partial charge on any atom is 0.411 e. The summed E-state index contributed by atoms with van der Waals surface area (Å²) < 4.78 is 21.9. The van der Waals surface area contributed by atoms with E-state index in [2.05, 4.69) is 0 Å². The van der Waals surface area contributed by atoms with Gasteiger partial charge in [-0.2, -0.15) is 0 Å². The molecule has 10 heteroatoms. The number of ether oxygens (including phenoxy) is 4. The maximum absolute atomic E-state index is 13.0. The van der Waals surface area contributed by atoms with Gasteiger partial charge in [0.05, 0.1) is 6.54 Å². The maximum atomic E-state index is 13.0. The number of nitrogens with zero attached hydrogens (tertiary/aromatic N) is 1. The van der Waals surface area contributed by atoms with Gasteiger partial charge < -0.3 is 29.8 Å². The fourth-order valence-electron chi connectivity index (χ4n) is 3.25. The van der Waals surface area contributed by atoms with Crippen LogP contribution in [0.15, 0.2) is 30.3 Å². The van der Waals surface area contributed by atoms with Crippen LogP contribution in [-0.4, -0.2) is 64.4 Å². The number of aliphatic carboxylic acids is 1. The van der Waals surface area contributed by atoms with E-state index in [4.69, 9.17) is 24.7 Å². The largest absolute Gasteiger partial charge is 0.480 e. The van der Waals surface area contributed by atoms with Gasteiger partial charge in [-0.1, -0.05) is 30.3 Å². The number of carbonyl (C=O) groups excluding carboxylic acids is 2. The minimum absolute atomic E-state index is 0.0452. The first-order valence-electron chi connectivity index (χ1n) is 9.83. The number of carbonyl (C=O) groups is 3. The molecule has 3 N–H and O–H groups in total. The lowest BCUT2D eigenvalue weighted by atomic mass is 10.0. The summed E-state index contributed by atoms with van der Waals surface area (Å²) in [7, 11) is 0. The molecule has 3 atom stereocenters. The summed E-state index contributed by atoms with van der Waals surface area (Å²) in [5.74, 6) is -2.49. The quantitative estimate of drug-likeness (QED) is 0.662. The van der Waals surface area contributed by atoms with Gasteiger partial charge in [-0.3, -0.25) is 4.90 Å². The lowest BCUT2D eigenvalue weighted by Crippen LogP contribution is -2.56. The zero-order valence-corrected chi connectivity index (χ0v) is 18.4. The van der Waals surface area contributed by atoms with Gasteiger partial charge in [0.25, 0.3) is 0 Å². The van der Waals surface area contributed by atoms with Crippen molar-refractivity contribution in [3.05, 3.63) is 35.9 Å². The van der Waals surface area contributed by atoms with Crippen LogP contribution in [0.2, 0.25) is 0 Å². The molecule has 2 rings (SSSR count). The van der Waals surface area contributed by atoms with Crippen LogP contribution < -0.4 is 5.73 Å². The first-order valence-corrected chi connectivity index (χ1v) is 9.83. The highest BCUT2D eigenvalue weighted by Gasteiger charge is 2.51. The molecule has 1 fully saturated rings. The third kappa shape index (κ3) is 7.11. The highest BCUT2D eigenvalue weighted by molar-refractivity contribution is 5.81. The highest BCUT2D eigenvalue weighted by atomic mass is 16.8. The van der Waals surface area contributed by atoms with E-state index in [1.165, 1.54) is 0 Å². The number of nitrogens with two attached hydrogens (primary N) is 1. The van der Waals surface area contributed by atoms with Gasteiger partial charge in [0.15, 0.2) is 11.8 Å². The van der Waals surface area contributed by atoms with E-state index in [1.807, 2.05) is 6.07 Å². The van der Waals surface area contributed by atoms with Crippen molar-refractivity contribution in [2.75, 3.05) is 6.61 Å². The summed E-state index contributed by atoms with van der Waals surface area (Å²) in [6, 6.07) is 7.40. The van der Waals surface area contributed by atoms with E-state index < -0.39 is 47.8 Å². The van der Waals surface area contributed by atoms with Gasteiger partial charge in [-0.25, -0.2) is 14.4 Å². The van der Waals surface area contributed by atoms with Crippen LogP contribution in [0, 0.1) is 0 Å². The number of carboxylic acids is 1. The lowest BCUT2D eigenvalue weighted by molar-refractivity contribution is -0.163. The van der Waals surface area contributed by atoms with Gasteiger partial charge in [-0.15, -0.1) is 0 Å². The van der Waals surface area contributed by atoms with Crippen molar-refractivity contribution in [1.82, 2.24) is 4.90 Å². The zero-order chi connectivity index (χ0) is 23.4. The smallest absolute Gasteiger partial charge is 0.411 e. The summed E-state index contributed by atoms with van der Waals surface area (Å²) in [5, 5.41) is 10.1. The predicted molar refractivity (Wildman–Crippen MR) is 109 cm³/mol. The van der Waals surface area contributed by atoms with Crippen molar-refractivity contribution in [3.63, 3.8) is 0 Å². The summed E-state index contributed by atoms with van der Waals surface area (Å²) in [6.07, 6.45) is -3.98. The Morgan fingerprint density at radius 2 is 1.81 bits per heavy atom. The predicted octanol–water partition coefficient (Wildman–Crippen LogP) is 2.49. The standard InChI is InChI=1S/C21H30N2O8/c1-20(2,3)31-19(27)23(11-13-9-7-6-8-10-13)15(17(24)25)16-14(12-28-18(22)26)29-21(4,5)30-16/h6-10,14-16H,11-12H2,1-5H3,(H2,22,26)(H,24,25)/t14-,15-,16+/m0/s1. The normalized spacial score (nSPS) is 21.2. The Bertz CT molecular complexity index is 790. The molecule has 0 bridgehead atoms. The fraction of sp³-hybridized carbons (Fsp3) is 0.571. The molecular formula is C21H30N2O8. The van der Waals surface area contributed by atoms with E-state index in [0.29, 0.717) is 5.56 Å². The van der Waals surface area contributed by atoms with Crippen molar-refractivity contribution in [2.24, 2.45) is 5.73 Å². The second-order valence-electron chi connectivity index (χ2n) is 8.65. The molecule has 1 aromatic rings. The Labute approximate surface area is 181 Å². The van der Waals surface area contributed by atoms with Gasteiger partial charge in [0, 0.05) is 0 Å². The molecular weight excluding hydrogens is 408 g/mol. The first kappa shape index (κ1) is 24.4. The van der Waals surface area contributed by atoms with E-state index in [1.54, 1.807) is 58.9 Å². The number of benzene rings is 1. The Morgan fingerprint density at radius 1 is 1.19 bits per heavy atom. The number of hydrogen-bond acceptors (Lipinski definition) is 7. The Kier molecular flexibility index (Phi) is 7.50. The van der Waals surface area contributed by atoms with E-state index >= 15 is 0 Å². The van der Waals surface area contributed by atoms with Gasteiger partial charge in [-0.05, 0) is 40.2 Å². The average Bonchev–Trinajstić information content (AvgIpc) is 2.93. The van der Waals surface area contributed by atoms with E-state index in [9.17, 15) is 19.5 Å². The van der Waals surface area contributed by atoms with Crippen LogP contribution in [0.5, 0.6) is 0 Å². The number of carboxylic acid groups (broad SMARTS) is 1. The number of rotatable bonds is 7. The van der Waals surface area contributed by atoms with Crippen LogP contribution in [-0.2, 0) is 30.3 Å². The van der Waals surface area contributed by atoms with Crippen molar-refractivity contribution in [2.45, 2.75) is 70.8 Å². The Morgan fingerprint density at radius 3 is 2.32 bits per heavy atom. The third-order valence-corrected chi connectivity index (χ3v) is 4.34. The average molecular weight is 438 g/mol. The molecule has 0 saturated carbocycles. The summed E-state index contributed by atoms with van der Waals surface area (Å²) >= 11 is 0. The second kappa shape index (κ2) is 9.52. The zero-order valence-electron chi connectivity index (χ0n) is 18.4. The molecule has 10 nitrogen and oxygen atoms in total. The first-order chi connectivity index (χ1) is 14.3. The Balaban J connectivity index is 2.42. The van der Waals surface area contributed by atoms with Gasteiger partial charge >= 0.3 is 18.2 Å². The van der Waals surface area contributed by atoms with Gasteiger partial charge in [0.1, 0.15) is 24.4 Å². The molecule has 172 valence electrons. The van der Waals surface area contributed by atoms with Crippen LogP contribution >= 0.6 is 0 Å². The third-order valence-electron chi connectivity index (χ3n) is 4.34. The number of primary amides is 1. The summed E-state index contributed by atoms with van der Waals surface area (Å²) in [5.41, 5.74) is 4.89. The molecule has 2 amide bonds.